The predicted octanol–water partition coefficient (Wildman–Crippen LogP) is 3.64. The van der Waals surface area contributed by atoms with Gasteiger partial charge in [-0.25, -0.2) is 0 Å². The maximum absolute atomic E-state index is 12.0. The first-order valence-electron chi connectivity index (χ1n) is 8.40. The van der Waals surface area contributed by atoms with E-state index in [2.05, 4.69) is 29.3 Å². The Balaban J connectivity index is 1.69. The van der Waals surface area contributed by atoms with Gasteiger partial charge in [0.25, 0.3) is 0 Å². The van der Waals surface area contributed by atoms with Gasteiger partial charge in [-0.15, -0.1) is 0 Å². The lowest BCUT2D eigenvalue weighted by Crippen LogP contribution is -2.42. The molecule has 1 unspecified atom stereocenters. The summed E-state index contributed by atoms with van der Waals surface area (Å²) >= 11 is 6.02. The molecule has 120 valence electrons. The third-order valence-electron chi connectivity index (χ3n) is 4.93. The van der Waals surface area contributed by atoms with Crippen LogP contribution < -0.4 is 5.32 Å². The van der Waals surface area contributed by atoms with Crippen LogP contribution in [0.5, 0.6) is 0 Å². The third kappa shape index (κ3) is 4.02. The van der Waals surface area contributed by atoms with Crippen molar-refractivity contribution in [2.75, 3.05) is 19.6 Å². The molecule has 1 saturated heterocycles. The van der Waals surface area contributed by atoms with Gasteiger partial charge in [0.2, 0.25) is 5.91 Å². The summed E-state index contributed by atoms with van der Waals surface area (Å²) in [5.41, 5.74) is 1.25. The molecule has 1 amide bonds. The van der Waals surface area contributed by atoms with E-state index in [0.29, 0.717) is 6.54 Å². The maximum atomic E-state index is 12.0. The smallest absolute Gasteiger partial charge is 0.223 e. The van der Waals surface area contributed by atoms with Gasteiger partial charge < -0.3 is 5.32 Å². The number of hydrogen-bond acceptors (Lipinski definition) is 2. The van der Waals surface area contributed by atoms with Crippen molar-refractivity contribution in [3.8, 4) is 0 Å². The molecule has 4 heteroatoms. The Labute approximate surface area is 138 Å². The molecular formula is C18H25ClN2O. The number of hydrogen-bond donors (Lipinski definition) is 1. The van der Waals surface area contributed by atoms with Crippen LogP contribution in [0.3, 0.4) is 0 Å². The van der Waals surface area contributed by atoms with E-state index in [1.165, 1.54) is 18.4 Å². The first-order valence-corrected chi connectivity index (χ1v) is 8.78. The molecule has 0 spiro atoms. The molecule has 1 aromatic rings. The highest BCUT2D eigenvalue weighted by Crippen LogP contribution is 2.30. The number of carbonyl (C=O) groups is 1. The van der Waals surface area contributed by atoms with Crippen molar-refractivity contribution in [2.24, 2.45) is 11.8 Å². The fourth-order valence-electron chi connectivity index (χ4n) is 3.17. The lowest BCUT2D eigenvalue weighted by molar-refractivity contribution is -0.122. The van der Waals surface area contributed by atoms with Crippen LogP contribution in [-0.4, -0.2) is 30.4 Å². The maximum Gasteiger partial charge on any atom is 0.223 e. The molecule has 1 heterocycles. The van der Waals surface area contributed by atoms with Gasteiger partial charge >= 0.3 is 0 Å². The average molecular weight is 321 g/mol. The van der Waals surface area contributed by atoms with Gasteiger partial charge in [0.1, 0.15) is 0 Å². The molecule has 1 saturated carbocycles. The monoisotopic (exact) mass is 320 g/mol. The summed E-state index contributed by atoms with van der Waals surface area (Å²) in [4.78, 5) is 14.5. The lowest BCUT2D eigenvalue weighted by Gasteiger charge is -2.37. The molecule has 0 bridgehead atoms. The second kappa shape index (κ2) is 7.01. The highest BCUT2D eigenvalue weighted by atomic mass is 35.5. The molecule has 3 nitrogen and oxygen atoms in total. The molecule has 0 radical (unpaired) electrons. The van der Waals surface area contributed by atoms with Gasteiger partial charge in [0.15, 0.2) is 0 Å². The molecule has 2 fully saturated rings. The van der Waals surface area contributed by atoms with Crippen molar-refractivity contribution in [3.05, 3.63) is 34.9 Å². The average Bonchev–Trinajstić information content (AvgIpc) is 3.35. The normalized spacial score (nSPS) is 21.5. The quantitative estimate of drug-likeness (QED) is 0.898. The minimum Gasteiger partial charge on any atom is -0.354 e. The molecule has 1 N–H and O–H groups in total. The minimum atomic E-state index is 0.226. The van der Waals surface area contributed by atoms with Crippen LogP contribution in [0, 0.1) is 11.8 Å². The van der Waals surface area contributed by atoms with E-state index in [4.69, 9.17) is 11.6 Å². The summed E-state index contributed by atoms with van der Waals surface area (Å²) in [6.07, 6.45) is 4.58. The number of nitrogens with zero attached hydrogens (tertiary/aromatic N) is 1. The van der Waals surface area contributed by atoms with Gasteiger partial charge in [-0.1, -0.05) is 30.7 Å². The Morgan fingerprint density at radius 2 is 1.86 bits per heavy atom. The summed E-state index contributed by atoms with van der Waals surface area (Å²) < 4.78 is 0. The lowest BCUT2D eigenvalue weighted by atomic mass is 9.95. The van der Waals surface area contributed by atoms with Crippen molar-refractivity contribution < 1.29 is 4.79 Å². The number of nitrogens with one attached hydrogen (secondary N) is 1. The summed E-state index contributed by atoms with van der Waals surface area (Å²) in [5, 5.41) is 3.91. The van der Waals surface area contributed by atoms with Crippen LogP contribution in [0.1, 0.15) is 44.2 Å². The Morgan fingerprint density at radius 3 is 2.45 bits per heavy atom. The third-order valence-corrected chi connectivity index (χ3v) is 5.18. The van der Waals surface area contributed by atoms with E-state index >= 15 is 0 Å². The van der Waals surface area contributed by atoms with Crippen LogP contribution in [0.25, 0.3) is 0 Å². The van der Waals surface area contributed by atoms with Crippen LogP contribution >= 0.6 is 11.6 Å². The van der Waals surface area contributed by atoms with E-state index in [9.17, 15) is 4.79 Å². The first kappa shape index (κ1) is 15.8. The zero-order chi connectivity index (χ0) is 15.5. The van der Waals surface area contributed by atoms with Gasteiger partial charge in [0.05, 0.1) is 6.04 Å². The molecule has 1 aliphatic heterocycles. The summed E-state index contributed by atoms with van der Waals surface area (Å²) in [6.45, 7) is 5.23. The fourth-order valence-corrected chi connectivity index (χ4v) is 3.30. The van der Waals surface area contributed by atoms with Gasteiger partial charge in [0, 0.05) is 17.5 Å². The van der Waals surface area contributed by atoms with Crippen LogP contribution in [0.15, 0.2) is 24.3 Å². The number of carbonyl (C=O) groups excluding carboxylic acids is 1. The van der Waals surface area contributed by atoms with Crippen molar-refractivity contribution in [1.82, 2.24) is 10.2 Å². The summed E-state index contributed by atoms with van der Waals surface area (Å²) in [5.74, 6) is 1.31. The van der Waals surface area contributed by atoms with Crippen molar-refractivity contribution >= 4 is 17.5 Å². The Morgan fingerprint density at radius 1 is 1.23 bits per heavy atom. The van der Waals surface area contributed by atoms with E-state index in [0.717, 1.165) is 36.9 Å². The summed E-state index contributed by atoms with van der Waals surface area (Å²) in [6, 6.07) is 8.33. The number of rotatable bonds is 5. The fraction of sp³-hybridized carbons (Fsp3) is 0.611. The molecular weight excluding hydrogens is 296 g/mol. The molecule has 1 aromatic carbocycles. The second-order valence-electron chi connectivity index (χ2n) is 6.81. The highest BCUT2D eigenvalue weighted by molar-refractivity contribution is 6.30. The van der Waals surface area contributed by atoms with Crippen LogP contribution in [0.4, 0.5) is 0 Å². The molecule has 3 rings (SSSR count). The Bertz CT molecular complexity index is 504. The van der Waals surface area contributed by atoms with Gasteiger partial charge in [-0.05, 0) is 62.4 Å². The van der Waals surface area contributed by atoms with Crippen molar-refractivity contribution in [1.29, 1.82) is 0 Å². The standard InChI is InChI=1S/C18H25ClN2O/c1-13-8-10-21(11-9-13)17(12-20-18(22)15-2-3-15)14-4-6-16(19)7-5-14/h4-7,13,15,17H,2-3,8-12H2,1H3,(H,20,22). The highest BCUT2D eigenvalue weighted by Gasteiger charge is 2.31. The number of likely N-dealkylation sites (tertiary alicyclic amines) is 1. The first-order chi connectivity index (χ1) is 10.6. The zero-order valence-corrected chi connectivity index (χ0v) is 14.0. The SMILES string of the molecule is CC1CCN(C(CNC(=O)C2CC2)c2ccc(Cl)cc2)CC1. The largest absolute Gasteiger partial charge is 0.354 e. The predicted molar refractivity (Wildman–Crippen MR) is 89.9 cm³/mol. The van der Waals surface area contributed by atoms with Crippen molar-refractivity contribution in [3.63, 3.8) is 0 Å². The van der Waals surface area contributed by atoms with Crippen LogP contribution in [-0.2, 0) is 4.79 Å². The minimum absolute atomic E-state index is 0.226. The molecule has 22 heavy (non-hydrogen) atoms. The number of amides is 1. The van der Waals surface area contributed by atoms with Crippen molar-refractivity contribution in [2.45, 2.75) is 38.6 Å². The van der Waals surface area contributed by atoms with Crippen LogP contribution in [0.2, 0.25) is 5.02 Å². The Kier molecular flexibility index (Phi) is 5.04. The second-order valence-corrected chi connectivity index (χ2v) is 7.24. The Hall–Kier alpha value is -1.06. The zero-order valence-electron chi connectivity index (χ0n) is 13.2. The van der Waals surface area contributed by atoms with E-state index in [1.807, 2.05) is 12.1 Å². The number of piperidine rings is 1. The molecule has 0 aromatic heterocycles. The van der Waals surface area contributed by atoms with Gasteiger partial charge in [-0.2, -0.15) is 0 Å². The number of halogens is 1. The molecule has 1 atom stereocenters. The molecule has 1 aliphatic carbocycles. The molecule has 2 aliphatic rings. The summed E-state index contributed by atoms with van der Waals surface area (Å²) in [7, 11) is 0. The van der Waals surface area contributed by atoms with E-state index < -0.39 is 0 Å². The van der Waals surface area contributed by atoms with Gasteiger partial charge in [-0.3, -0.25) is 9.69 Å². The van der Waals surface area contributed by atoms with E-state index in [1.54, 1.807) is 0 Å². The number of benzene rings is 1. The van der Waals surface area contributed by atoms with E-state index in [-0.39, 0.29) is 17.9 Å². The topological polar surface area (TPSA) is 32.3 Å².